The van der Waals surface area contributed by atoms with Gasteiger partial charge in [-0.25, -0.2) is 4.98 Å². The molecule has 1 spiro atoms. The van der Waals surface area contributed by atoms with Crippen molar-refractivity contribution in [1.29, 1.82) is 0 Å². The van der Waals surface area contributed by atoms with Gasteiger partial charge in [-0.05, 0) is 25.0 Å². The van der Waals surface area contributed by atoms with Gasteiger partial charge in [-0.1, -0.05) is 36.3 Å². The second kappa shape index (κ2) is 6.52. The number of amides is 2. The summed E-state index contributed by atoms with van der Waals surface area (Å²) < 4.78 is 12.5. The Morgan fingerprint density at radius 3 is 3.00 bits per heavy atom. The number of hydrogen-bond acceptors (Lipinski definition) is 6. The Kier molecular flexibility index (Phi) is 3.98. The highest BCUT2D eigenvalue weighted by Crippen LogP contribution is 2.53. The van der Waals surface area contributed by atoms with Crippen LogP contribution in [0.15, 0.2) is 30.4 Å². The molecule has 0 radical (unpaired) electrons. The molecule has 6 rings (SSSR count). The fourth-order valence-corrected chi connectivity index (χ4v) is 6.42. The summed E-state index contributed by atoms with van der Waals surface area (Å²) in [5, 5.41) is 3.81. The van der Waals surface area contributed by atoms with Crippen molar-refractivity contribution >= 4 is 38.5 Å². The lowest BCUT2D eigenvalue weighted by Gasteiger charge is -2.24. The third-order valence-electron chi connectivity index (χ3n) is 6.92. The normalized spacial score (nSPS) is 32.4. The number of carbonyl (C=O) groups is 2. The fourth-order valence-electron chi connectivity index (χ4n) is 5.46. The van der Waals surface area contributed by atoms with Gasteiger partial charge >= 0.3 is 0 Å². The number of benzene rings is 1. The first-order valence-electron chi connectivity index (χ1n) is 10.5. The third kappa shape index (κ3) is 2.56. The predicted molar refractivity (Wildman–Crippen MR) is 113 cm³/mol. The molecule has 2 saturated heterocycles. The molecular weight excluding hydrogens is 402 g/mol. The van der Waals surface area contributed by atoms with E-state index in [9.17, 15) is 9.59 Å². The summed E-state index contributed by atoms with van der Waals surface area (Å²) in [6.45, 7) is 0.396. The van der Waals surface area contributed by atoms with Gasteiger partial charge in [-0.3, -0.25) is 14.5 Å². The van der Waals surface area contributed by atoms with Gasteiger partial charge in [0.1, 0.15) is 11.4 Å². The van der Waals surface area contributed by atoms with E-state index in [2.05, 4.69) is 10.3 Å². The molecule has 3 fully saturated rings. The first-order valence-corrected chi connectivity index (χ1v) is 11.3. The summed E-state index contributed by atoms with van der Waals surface area (Å²) >= 11 is 1.47. The van der Waals surface area contributed by atoms with Crippen LogP contribution in [0.2, 0.25) is 0 Å². The topological polar surface area (TPSA) is 80.8 Å². The highest BCUT2D eigenvalue weighted by molar-refractivity contribution is 7.22. The Hall–Kier alpha value is -2.45. The zero-order chi connectivity index (χ0) is 20.5. The number of ether oxygens (including phenoxy) is 2. The maximum Gasteiger partial charge on any atom is 0.236 e. The molecule has 1 aliphatic carbocycles. The number of rotatable bonds is 4. The molecule has 4 aliphatic rings. The maximum absolute atomic E-state index is 13.5. The van der Waals surface area contributed by atoms with Crippen molar-refractivity contribution in [2.24, 2.45) is 11.8 Å². The maximum atomic E-state index is 13.5. The number of anilines is 1. The number of hydrogen-bond donors (Lipinski definition) is 1. The van der Waals surface area contributed by atoms with E-state index in [-0.39, 0.29) is 24.0 Å². The van der Waals surface area contributed by atoms with Crippen LogP contribution >= 0.6 is 11.3 Å². The van der Waals surface area contributed by atoms with E-state index >= 15 is 0 Å². The largest absolute Gasteiger partial charge is 0.497 e. The molecule has 1 N–H and O–H groups in total. The first-order chi connectivity index (χ1) is 14.6. The quantitative estimate of drug-likeness (QED) is 0.762. The molecule has 3 aliphatic heterocycles. The van der Waals surface area contributed by atoms with E-state index in [1.54, 1.807) is 12.0 Å². The third-order valence-corrected chi connectivity index (χ3v) is 7.98. The van der Waals surface area contributed by atoms with Crippen molar-refractivity contribution in [3.05, 3.63) is 30.4 Å². The minimum Gasteiger partial charge on any atom is -0.497 e. The number of fused-ring (bicyclic) bond motifs is 2. The van der Waals surface area contributed by atoms with Gasteiger partial charge in [-0.2, -0.15) is 0 Å². The van der Waals surface area contributed by atoms with Gasteiger partial charge in [0.2, 0.25) is 11.8 Å². The lowest BCUT2D eigenvalue weighted by Crippen LogP contribution is -2.46. The molecule has 0 unspecified atom stereocenters. The van der Waals surface area contributed by atoms with E-state index in [0.717, 1.165) is 41.6 Å². The molecule has 1 aromatic carbocycles. The summed E-state index contributed by atoms with van der Waals surface area (Å²) in [6.07, 6.45) is 7.96. The molecule has 156 valence electrons. The van der Waals surface area contributed by atoms with Crippen LogP contribution in [-0.4, -0.2) is 48.2 Å². The number of nitrogens with one attached hydrogen (secondary N) is 1. The van der Waals surface area contributed by atoms with Crippen LogP contribution in [0, 0.1) is 11.8 Å². The van der Waals surface area contributed by atoms with Gasteiger partial charge in [-0.15, -0.1) is 0 Å². The van der Waals surface area contributed by atoms with Crippen LogP contribution in [0.3, 0.4) is 0 Å². The average molecular weight is 426 g/mol. The van der Waals surface area contributed by atoms with Crippen molar-refractivity contribution < 1.29 is 19.1 Å². The summed E-state index contributed by atoms with van der Waals surface area (Å²) in [6, 6.07) is 5.94. The average Bonchev–Trinajstić information content (AvgIpc) is 3.54. The molecular formula is C22H23N3O4S. The van der Waals surface area contributed by atoms with Gasteiger partial charge in [0.05, 0.1) is 41.8 Å². The molecule has 2 aromatic rings. The second-order valence-corrected chi connectivity index (χ2v) is 9.65. The molecule has 8 heteroatoms. The van der Waals surface area contributed by atoms with Crippen molar-refractivity contribution in [3.63, 3.8) is 0 Å². The zero-order valence-electron chi connectivity index (χ0n) is 16.7. The second-order valence-electron chi connectivity index (χ2n) is 8.64. The van der Waals surface area contributed by atoms with Crippen LogP contribution in [-0.2, 0) is 14.3 Å². The van der Waals surface area contributed by atoms with Crippen LogP contribution in [0.25, 0.3) is 10.2 Å². The lowest BCUT2D eigenvalue weighted by atomic mass is 9.76. The molecule has 1 saturated carbocycles. The number of methoxy groups -OCH3 is 1. The summed E-state index contributed by atoms with van der Waals surface area (Å²) in [5.74, 6) is -0.346. The number of nitrogens with zero attached hydrogens (tertiary/aromatic N) is 2. The highest BCUT2D eigenvalue weighted by Gasteiger charge is 2.67. The van der Waals surface area contributed by atoms with E-state index < -0.39 is 17.4 Å². The van der Waals surface area contributed by atoms with Gasteiger partial charge in [0.15, 0.2) is 5.13 Å². The van der Waals surface area contributed by atoms with E-state index in [1.807, 2.05) is 30.4 Å². The Morgan fingerprint density at radius 2 is 2.20 bits per heavy atom. The smallest absolute Gasteiger partial charge is 0.236 e. The predicted octanol–water partition coefficient (Wildman–Crippen LogP) is 2.65. The number of aromatic nitrogens is 1. The van der Waals surface area contributed by atoms with Gasteiger partial charge in [0.25, 0.3) is 0 Å². The van der Waals surface area contributed by atoms with Crippen LogP contribution in [0.5, 0.6) is 5.75 Å². The van der Waals surface area contributed by atoms with Crippen molar-refractivity contribution in [2.45, 2.75) is 43.4 Å². The van der Waals surface area contributed by atoms with Crippen molar-refractivity contribution in [3.8, 4) is 5.75 Å². The SMILES string of the molecule is COc1ccc2sc(N3C[C@]45C=C[C@@H](O4)[C@@H](C(=O)NC4CCCC4)[C@H]5C3=O)nc2c1. The van der Waals surface area contributed by atoms with Crippen LogP contribution < -0.4 is 15.0 Å². The van der Waals surface area contributed by atoms with Gasteiger partial charge < -0.3 is 14.8 Å². The molecule has 30 heavy (non-hydrogen) atoms. The van der Waals surface area contributed by atoms with E-state index in [0.29, 0.717) is 11.7 Å². The van der Waals surface area contributed by atoms with Gasteiger partial charge in [0, 0.05) is 12.1 Å². The molecule has 1 aromatic heterocycles. The Balaban J connectivity index is 1.30. The Labute approximate surface area is 178 Å². The lowest BCUT2D eigenvalue weighted by molar-refractivity contribution is -0.132. The zero-order valence-corrected chi connectivity index (χ0v) is 17.5. The minimum absolute atomic E-state index is 0.0487. The monoisotopic (exact) mass is 425 g/mol. The standard InChI is InChI=1S/C22H23N3O4S/c1-28-13-6-7-16-14(10-13)24-21(30-16)25-11-22-9-8-15(29-22)17(18(22)20(25)27)19(26)23-12-4-2-3-5-12/h6-10,12,15,17-18H,2-5,11H2,1H3,(H,23,26)/t15-,17-,18+,22+/m1/s1. The molecule has 2 bridgehead atoms. The Morgan fingerprint density at radius 1 is 1.37 bits per heavy atom. The van der Waals surface area contributed by atoms with Crippen molar-refractivity contribution in [1.82, 2.24) is 10.3 Å². The fraction of sp³-hybridized carbons (Fsp3) is 0.500. The van der Waals surface area contributed by atoms with Crippen LogP contribution in [0.1, 0.15) is 25.7 Å². The summed E-state index contributed by atoms with van der Waals surface area (Å²) in [5.41, 5.74) is 0.0719. The summed E-state index contributed by atoms with van der Waals surface area (Å²) in [7, 11) is 1.62. The van der Waals surface area contributed by atoms with Crippen molar-refractivity contribution in [2.75, 3.05) is 18.6 Å². The highest BCUT2D eigenvalue weighted by atomic mass is 32.1. The molecule has 2 amide bonds. The Bertz CT molecular complexity index is 1080. The summed E-state index contributed by atoms with van der Waals surface area (Å²) in [4.78, 5) is 33.0. The minimum atomic E-state index is -0.727. The van der Waals surface area contributed by atoms with E-state index in [1.165, 1.54) is 11.3 Å². The molecule has 4 heterocycles. The number of thiazole rings is 1. The van der Waals surface area contributed by atoms with E-state index in [4.69, 9.17) is 9.47 Å². The van der Waals surface area contributed by atoms with Crippen LogP contribution in [0.4, 0.5) is 5.13 Å². The molecule has 4 atom stereocenters. The molecule has 7 nitrogen and oxygen atoms in total. The number of carbonyl (C=O) groups excluding carboxylic acids is 2. The first kappa shape index (κ1) is 18.3.